The van der Waals surface area contributed by atoms with E-state index in [2.05, 4.69) is 6.58 Å². The van der Waals surface area contributed by atoms with E-state index in [9.17, 15) is 4.39 Å². The van der Waals surface area contributed by atoms with Crippen molar-refractivity contribution < 1.29 is 4.39 Å². The van der Waals surface area contributed by atoms with Crippen LogP contribution in [-0.4, -0.2) is 5.88 Å². The predicted octanol–water partition coefficient (Wildman–Crippen LogP) is 3.49. The highest BCUT2D eigenvalue weighted by molar-refractivity contribution is 6.18. The molecule has 0 fully saturated rings. The van der Waals surface area contributed by atoms with Crippen LogP contribution in [-0.2, 0) is 0 Å². The summed E-state index contributed by atoms with van der Waals surface area (Å²) in [4.78, 5) is 0. The van der Waals surface area contributed by atoms with E-state index in [-0.39, 0.29) is 5.57 Å². The summed E-state index contributed by atoms with van der Waals surface area (Å²) < 4.78 is 12.5. The average Bonchev–Trinajstić information content (AvgIpc) is 2.10. The van der Waals surface area contributed by atoms with E-state index in [1.54, 1.807) is 0 Å². The van der Waals surface area contributed by atoms with E-state index >= 15 is 0 Å². The Balaban J connectivity index is 4.97. The molecule has 0 aliphatic carbocycles. The van der Waals surface area contributed by atoms with Gasteiger partial charge >= 0.3 is 0 Å². The van der Waals surface area contributed by atoms with Crippen molar-refractivity contribution in [2.75, 3.05) is 5.88 Å². The van der Waals surface area contributed by atoms with Crippen LogP contribution in [0.25, 0.3) is 0 Å². The van der Waals surface area contributed by atoms with Gasteiger partial charge in [-0.1, -0.05) is 12.7 Å². The van der Waals surface area contributed by atoms with Crippen molar-refractivity contribution in [3.63, 3.8) is 0 Å². The van der Waals surface area contributed by atoms with Crippen molar-refractivity contribution in [2.24, 2.45) is 0 Å². The van der Waals surface area contributed by atoms with Crippen LogP contribution in [0.1, 0.15) is 13.3 Å². The molecule has 0 radical (unpaired) electrons. The number of allylic oxidation sites excluding steroid dienone is 5. The van der Waals surface area contributed by atoms with Crippen LogP contribution >= 0.6 is 11.6 Å². The summed E-state index contributed by atoms with van der Waals surface area (Å²) in [6.07, 6.45) is 3.24. The molecule has 0 aromatic carbocycles. The Bertz CT molecular complexity index is 280. The summed E-state index contributed by atoms with van der Waals surface area (Å²) >= 11 is 5.51. The quantitative estimate of drug-likeness (QED) is 0.386. The van der Waals surface area contributed by atoms with Gasteiger partial charge in [-0.05, 0) is 25.0 Å². The molecule has 0 spiro atoms. The van der Waals surface area contributed by atoms with Crippen LogP contribution in [0, 0.1) is 11.3 Å². The van der Waals surface area contributed by atoms with Crippen LogP contribution in [0.2, 0.25) is 0 Å². The number of nitrogens with zero attached hydrogens (tertiary/aromatic N) is 1. The van der Waals surface area contributed by atoms with Crippen LogP contribution in [0.5, 0.6) is 0 Å². The fourth-order valence-electron chi connectivity index (χ4n) is 0.844. The van der Waals surface area contributed by atoms with E-state index in [4.69, 9.17) is 16.9 Å². The first-order valence-electron chi connectivity index (χ1n) is 3.81. The van der Waals surface area contributed by atoms with E-state index < -0.39 is 5.83 Å². The maximum absolute atomic E-state index is 12.5. The molecule has 0 heterocycles. The second-order valence-electron chi connectivity index (χ2n) is 2.42. The normalized spacial score (nSPS) is 13.2. The summed E-state index contributed by atoms with van der Waals surface area (Å²) in [5.41, 5.74) is 0.963. The number of hydrogen-bond acceptors (Lipinski definition) is 1. The molecule has 1 nitrogen and oxygen atoms in total. The van der Waals surface area contributed by atoms with E-state index in [0.29, 0.717) is 17.9 Å². The molecule has 0 unspecified atom stereocenters. The molecule has 0 N–H and O–H groups in total. The lowest BCUT2D eigenvalue weighted by atomic mass is 10.1. The molecule has 0 rings (SSSR count). The minimum absolute atomic E-state index is 0.288. The number of rotatable bonds is 4. The molecular formula is C10H11ClFN. The van der Waals surface area contributed by atoms with Crippen LogP contribution in [0.3, 0.4) is 0 Å². The van der Waals surface area contributed by atoms with Crippen molar-refractivity contribution in [1.29, 1.82) is 5.26 Å². The third-order valence-corrected chi connectivity index (χ3v) is 1.61. The predicted molar refractivity (Wildman–Crippen MR) is 53.0 cm³/mol. The van der Waals surface area contributed by atoms with Gasteiger partial charge in [0.1, 0.15) is 0 Å². The number of halogens is 2. The summed E-state index contributed by atoms with van der Waals surface area (Å²) in [6.45, 7) is 4.83. The molecule has 0 saturated heterocycles. The lowest BCUT2D eigenvalue weighted by Gasteiger charge is -1.99. The van der Waals surface area contributed by atoms with E-state index in [0.717, 1.165) is 0 Å². The standard InChI is InChI=1S/C10H11ClFN/c1-3-9(4-5-11)10(7-13)6-8(2)12/h3,6H,1,4-5H2,2H3/b8-6+,10-9-. The van der Waals surface area contributed by atoms with E-state index in [1.807, 2.05) is 6.07 Å². The van der Waals surface area contributed by atoms with Crippen molar-refractivity contribution in [2.45, 2.75) is 13.3 Å². The fraction of sp³-hybridized carbons (Fsp3) is 0.300. The highest BCUT2D eigenvalue weighted by Crippen LogP contribution is 2.14. The second-order valence-corrected chi connectivity index (χ2v) is 2.80. The first-order valence-corrected chi connectivity index (χ1v) is 4.34. The molecule has 0 saturated carbocycles. The van der Waals surface area contributed by atoms with Crippen LogP contribution in [0.15, 0.2) is 35.7 Å². The Morgan fingerprint density at radius 1 is 1.69 bits per heavy atom. The molecule has 0 aliphatic heterocycles. The molecule has 0 aromatic heterocycles. The van der Waals surface area contributed by atoms with Gasteiger partial charge in [0.15, 0.2) is 0 Å². The second kappa shape index (κ2) is 6.45. The number of alkyl halides is 1. The maximum atomic E-state index is 12.5. The molecule has 70 valence electrons. The smallest absolute Gasteiger partial charge is 0.0995 e. The molecule has 3 heteroatoms. The Kier molecular flexibility index (Phi) is 5.92. The van der Waals surface area contributed by atoms with Gasteiger partial charge in [-0.25, -0.2) is 4.39 Å². The van der Waals surface area contributed by atoms with Crippen molar-refractivity contribution in [3.8, 4) is 6.07 Å². The summed E-state index contributed by atoms with van der Waals surface area (Å²) in [5.74, 6) is -0.00316. The minimum atomic E-state index is -0.398. The highest BCUT2D eigenvalue weighted by Gasteiger charge is 2.00. The number of hydrogen-bond donors (Lipinski definition) is 0. The monoisotopic (exact) mass is 199 g/mol. The Labute approximate surface area is 82.8 Å². The zero-order chi connectivity index (χ0) is 10.3. The summed E-state index contributed by atoms with van der Waals surface area (Å²) in [6, 6.07) is 1.90. The van der Waals surface area contributed by atoms with Gasteiger partial charge in [-0.2, -0.15) is 5.26 Å². The van der Waals surface area contributed by atoms with Gasteiger partial charge in [-0.3, -0.25) is 0 Å². The average molecular weight is 200 g/mol. The lowest BCUT2D eigenvalue weighted by Crippen LogP contribution is -1.86. The topological polar surface area (TPSA) is 23.8 Å². The first-order chi connectivity index (χ1) is 6.15. The Morgan fingerprint density at radius 3 is 2.62 bits per heavy atom. The van der Waals surface area contributed by atoms with Crippen LogP contribution in [0.4, 0.5) is 4.39 Å². The van der Waals surface area contributed by atoms with Gasteiger partial charge in [0, 0.05) is 5.88 Å². The maximum Gasteiger partial charge on any atom is 0.0995 e. The van der Waals surface area contributed by atoms with Gasteiger partial charge < -0.3 is 0 Å². The zero-order valence-corrected chi connectivity index (χ0v) is 8.24. The number of nitriles is 1. The highest BCUT2D eigenvalue weighted by atomic mass is 35.5. The largest absolute Gasteiger partial charge is 0.212 e. The van der Waals surface area contributed by atoms with Gasteiger partial charge in [0.05, 0.1) is 17.5 Å². The third-order valence-electron chi connectivity index (χ3n) is 1.42. The SMILES string of the molecule is C=C/C(CCCl)=C(C#N)\C=C(/C)F. The first kappa shape index (κ1) is 11.9. The van der Waals surface area contributed by atoms with Crippen molar-refractivity contribution >= 4 is 11.6 Å². The summed E-state index contributed by atoms with van der Waals surface area (Å²) in [5, 5.41) is 8.69. The minimum Gasteiger partial charge on any atom is -0.212 e. The van der Waals surface area contributed by atoms with Crippen LogP contribution < -0.4 is 0 Å². The van der Waals surface area contributed by atoms with E-state index in [1.165, 1.54) is 19.1 Å². The lowest BCUT2D eigenvalue weighted by molar-refractivity contribution is 0.640. The molecule has 0 bridgehead atoms. The zero-order valence-electron chi connectivity index (χ0n) is 7.48. The molecule has 0 aromatic rings. The Morgan fingerprint density at radius 2 is 2.31 bits per heavy atom. The molecular weight excluding hydrogens is 189 g/mol. The Hall–Kier alpha value is -1.07. The molecule has 0 atom stereocenters. The van der Waals surface area contributed by atoms with Gasteiger partial charge in [0.2, 0.25) is 0 Å². The van der Waals surface area contributed by atoms with Gasteiger partial charge in [-0.15, -0.1) is 11.6 Å². The molecule has 13 heavy (non-hydrogen) atoms. The third kappa shape index (κ3) is 4.49. The van der Waals surface area contributed by atoms with Crippen molar-refractivity contribution in [1.82, 2.24) is 0 Å². The molecule has 0 aliphatic rings. The fourth-order valence-corrected chi connectivity index (χ4v) is 1.05. The summed E-state index contributed by atoms with van der Waals surface area (Å²) in [7, 11) is 0. The van der Waals surface area contributed by atoms with Gasteiger partial charge in [0.25, 0.3) is 0 Å². The molecule has 0 amide bonds. The van der Waals surface area contributed by atoms with Crippen molar-refractivity contribution in [3.05, 3.63) is 35.7 Å².